The van der Waals surface area contributed by atoms with Gasteiger partial charge in [0.05, 0.1) is 12.0 Å². The first kappa shape index (κ1) is 22.2. The van der Waals surface area contributed by atoms with Crippen molar-refractivity contribution in [3.8, 4) is 11.1 Å². The lowest BCUT2D eigenvalue weighted by Gasteiger charge is -2.25. The second-order valence-electron chi connectivity index (χ2n) is 9.36. The van der Waals surface area contributed by atoms with Crippen LogP contribution in [0.25, 0.3) is 11.1 Å². The van der Waals surface area contributed by atoms with Gasteiger partial charge in [0, 0.05) is 18.4 Å². The lowest BCUT2D eigenvalue weighted by atomic mass is 9.90. The quantitative estimate of drug-likeness (QED) is 0.547. The fraction of sp³-hybridized carbons (Fsp3) is 0.370. The zero-order chi connectivity index (χ0) is 23.7. The van der Waals surface area contributed by atoms with Crippen molar-refractivity contribution in [3.05, 3.63) is 71.8 Å². The highest BCUT2D eigenvalue weighted by Crippen LogP contribution is 2.44. The largest absolute Gasteiger partial charge is 0.481 e. The Labute approximate surface area is 198 Å². The molecule has 0 heterocycles. The van der Waals surface area contributed by atoms with Gasteiger partial charge < -0.3 is 20.5 Å². The van der Waals surface area contributed by atoms with E-state index in [-0.39, 0.29) is 42.2 Å². The number of benzene rings is 2. The van der Waals surface area contributed by atoms with Crippen LogP contribution in [0, 0.1) is 17.8 Å². The minimum absolute atomic E-state index is 0.00405. The van der Waals surface area contributed by atoms with Crippen LogP contribution >= 0.6 is 0 Å². The molecule has 0 spiro atoms. The van der Waals surface area contributed by atoms with Gasteiger partial charge in [0.15, 0.2) is 0 Å². The summed E-state index contributed by atoms with van der Waals surface area (Å²) in [6.45, 7) is 0.632. The number of carboxylic acids is 1. The SMILES string of the molecule is O=C(NC1C=CCC(C(=O)NC[C@@H]2C[C@@H]2C(=O)O)C1)OCC1c2ccccc2-c2ccccc21. The Hall–Kier alpha value is -3.61. The molecule has 3 aliphatic rings. The average molecular weight is 461 g/mol. The summed E-state index contributed by atoms with van der Waals surface area (Å²) in [6.07, 6.45) is 5.00. The van der Waals surface area contributed by atoms with Crippen LogP contribution < -0.4 is 10.6 Å². The predicted molar refractivity (Wildman–Crippen MR) is 126 cm³/mol. The van der Waals surface area contributed by atoms with Crippen molar-refractivity contribution in [2.75, 3.05) is 13.2 Å². The molecular weight excluding hydrogens is 432 g/mol. The highest BCUT2D eigenvalue weighted by atomic mass is 16.5. The Kier molecular flexibility index (Phi) is 6.09. The summed E-state index contributed by atoms with van der Waals surface area (Å²) in [5.41, 5.74) is 4.67. The van der Waals surface area contributed by atoms with E-state index in [2.05, 4.69) is 34.9 Å². The number of nitrogens with one attached hydrogen (secondary N) is 2. The molecule has 3 N–H and O–H groups in total. The van der Waals surface area contributed by atoms with Crippen LogP contribution in [0.3, 0.4) is 0 Å². The number of hydrogen-bond acceptors (Lipinski definition) is 4. The van der Waals surface area contributed by atoms with E-state index >= 15 is 0 Å². The van der Waals surface area contributed by atoms with E-state index in [1.165, 1.54) is 11.1 Å². The van der Waals surface area contributed by atoms with Crippen molar-refractivity contribution < 1.29 is 24.2 Å². The highest BCUT2D eigenvalue weighted by molar-refractivity contribution is 5.80. The van der Waals surface area contributed by atoms with Crippen molar-refractivity contribution in [1.82, 2.24) is 10.6 Å². The summed E-state index contributed by atoms with van der Waals surface area (Å²) in [5.74, 6) is -1.47. The van der Waals surface area contributed by atoms with Gasteiger partial charge in [0.2, 0.25) is 5.91 Å². The summed E-state index contributed by atoms with van der Waals surface area (Å²) < 4.78 is 5.62. The fourth-order valence-corrected chi connectivity index (χ4v) is 5.15. The summed E-state index contributed by atoms with van der Waals surface area (Å²) in [6, 6.07) is 16.1. The molecule has 5 rings (SSSR count). The zero-order valence-corrected chi connectivity index (χ0v) is 18.8. The van der Waals surface area contributed by atoms with E-state index < -0.39 is 12.1 Å². The number of aliphatic carboxylic acids is 1. The van der Waals surface area contributed by atoms with Crippen LogP contribution in [0.4, 0.5) is 4.79 Å². The van der Waals surface area contributed by atoms with Crippen molar-refractivity contribution in [1.29, 1.82) is 0 Å². The maximum atomic E-state index is 12.6. The molecule has 0 aliphatic heterocycles. The third kappa shape index (κ3) is 4.55. The number of carboxylic acid groups (broad SMARTS) is 1. The van der Waals surface area contributed by atoms with Crippen molar-refractivity contribution in [2.24, 2.45) is 17.8 Å². The summed E-state index contributed by atoms with van der Waals surface area (Å²) in [4.78, 5) is 36.1. The molecule has 1 saturated carbocycles. The van der Waals surface area contributed by atoms with Crippen LogP contribution in [0.5, 0.6) is 0 Å². The van der Waals surface area contributed by atoms with Crippen LogP contribution in [-0.4, -0.2) is 42.3 Å². The first-order valence-electron chi connectivity index (χ1n) is 11.8. The minimum Gasteiger partial charge on any atom is -0.481 e. The molecule has 176 valence electrons. The number of ether oxygens (including phenoxy) is 1. The molecule has 2 aromatic rings. The molecule has 3 aliphatic carbocycles. The van der Waals surface area contributed by atoms with Gasteiger partial charge >= 0.3 is 12.1 Å². The molecule has 1 fully saturated rings. The first-order valence-corrected chi connectivity index (χ1v) is 11.8. The maximum Gasteiger partial charge on any atom is 0.407 e. The van der Waals surface area contributed by atoms with Crippen molar-refractivity contribution >= 4 is 18.0 Å². The second kappa shape index (κ2) is 9.33. The molecule has 4 atom stereocenters. The lowest BCUT2D eigenvalue weighted by Crippen LogP contribution is -2.41. The molecule has 0 saturated heterocycles. The Morgan fingerprint density at radius 3 is 2.29 bits per heavy atom. The minimum atomic E-state index is -0.799. The van der Waals surface area contributed by atoms with E-state index in [0.29, 0.717) is 25.8 Å². The van der Waals surface area contributed by atoms with Gasteiger partial charge in [-0.15, -0.1) is 0 Å². The molecule has 7 heteroatoms. The number of allylic oxidation sites excluding steroid dienone is 1. The molecule has 2 aromatic carbocycles. The number of carbonyl (C=O) groups excluding carboxylic acids is 2. The van der Waals surface area contributed by atoms with Gasteiger partial charge in [-0.05, 0) is 47.4 Å². The van der Waals surface area contributed by atoms with Gasteiger partial charge in [0.1, 0.15) is 6.61 Å². The van der Waals surface area contributed by atoms with E-state index in [0.717, 1.165) is 11.1 Å². The molecule has 2 amide bonds. The monoisotopic (exact) mass is 460 g/mol. The normalized spacial score (nSPS) is 24.6. The summed E-state index contributed by atoms with van der Waals surface area (Å²) in [7, 11) is 0. The predicted octanol–water partition coefficient (Wildman–Crippen LogP) is 3.70. The van der Waals surface area contributed by atoms with Gasteiger partial charge in [0.25, 0.3) is 0 Å². The number of fused-ring (bicyclic) bond motifs is 3. The molecule has 0 aromatic heterocycles. The molecule has 2 unspecified atom stereocenters. The Morgan fingerprint density at radius 2 is 1.65 bits per heavy atom. The Morgan fingerprint density at radius 1 is 0.971 bits per heavy atom. The zero-order valence-electron chi connectivity index (χ0n) is 18.8. The maximum absolute atomic E-state index is 12.6. The lowest BCUT2D eigenvalue weighted by molar-refractivity contribution is -0.139. The smallest absolute Gasteiger partial charge is 0.407 e. The fourth-order valence-electron chi connectivity index (χ4n) is 5.15. The Balaban J connectivity index is 1.12. The van der Waals surface area contributed by atoms with Crippen LogP contribution in [0.15, 0.2) is 60.7 Å². The van der Waals surface area contributed by atoms with Crippen LogP contribution in [0.2, 0.25) is 0 Å². The number of hydrogen-bond donors (Lipinski definition) is 3. The average Bonchev–Trinajstić information content (AvgIpc) is 3.57. The molecular formula is C27H28N2O5. The third-order valence-electron chi connectivity index (χ3n) is 7.12. The Bertz CT molecular complexity index is 1100. The first-order chi connectivity index (χ1) is 16.5. The number of alkyl carbamates (subject to hydrolysis) is 1. The summed E-state index contributed by atoms with van der Waals surface area (Å²) >= 11 is 0. The van der Waals surface area contributed by atoms with E-state index in [1.807, 2.05) is 36.4 Å². The standard InChI is InChI=1S/C27H28N2O5/c30-25(28-14-17-13-23(17)26(31)32)16-6-5-7-18(12-16)29-27(33)34-15-24-21-10-3-1-8-19(21)20-9-2-4-11-22(20)24/h1-5,7-11,16-18,23-24H,6,12-15H2,(H,28,30)(H,29,33)(H,31,32)/t16?,17-,18?,23-/m0/s1. The van der Waals surface area contributed by atoms with Crippen molar-refractivity contribution in [3.63, 3.8) is 0 Å². The van der Waals surface area contributed by atoms with Gasteiger partial charge in [-0.3, -0.25) is 9.59 Å². The van der Waals surface area contributed by atoms with Crippen LogP contribution in [-0.2, 0) is 14.3 Å². The van der Waals surface area contributed by atoms with Crippen LogP contribution in [0.1, 0.15) is 36.3 Å². The second-order valence-corrected chi connectivity index (χ2v) is 9.36. The van der Waals surface area contributed by atoms with Gasteiger partial charge in [-0.25, -0.2) is 4.79 Å². The molecule has 7 nitrogen and oxygen atoms in total. The number of amides is 2. The third-order valence-corrected chi connectivity index (χ3v) is 7.12. The molecule has 34 heavy (non-hydrogen) atoms. The highest BCUT2D eigenvalue weighted by Gasteiger charge is 2.43. The summed E-state index contributed by atoms with van der Waals surface area (Å²) in [5, 5.41) is 14.7. The molecule has 0 radical (unpaired) electrons. The topological polar surface area (TPSA) is 105 Å². The van der Waals surface area contributed by atoms with E-state index in [9.17, 15) is 14.4 Å². The number of carbonyl (C=O) groups is 3. The molecule has 0 bridgehead atoms. The number of rotatable bonds is 7. The van der Waals surface area contributed by atoms with Crippen molar-refractivity contribution in [2.45, 2.75) is 31.2 Å². The van der Waals surface area contributed by atoms with E-state index in [1.54, 1.807) is 0 Å². The van der Waals surface area contributed by atoms with E-state index in [4.69, 9.17) is 9.84 Å². The van der Waals surface area contributed by atoms with Gasteiger partial charge in [-0.1, -0.05) is 60.7 Å². The van der Waals surface area contributed by atoms with Gasteiger partial charge in [-0.2, -0.15) is 0 Å².